The summed E-state index contributed by atoms with van der Waals surface area (Å²) < 4.78 is 15.9. The molecule has 0 radical (unpaired) electrons. The molecule has 0 bridgehead atoms. The van der Waals surface area contributed by atoms with Crippen molar-refractivity contribution in [3.8, 4) is 17.1 Å². The highest BCUT2D eigenvalue weighted by Gasteiger charge is 2.25. The fourth-order valence-corrected chi connectivity index (χ4v) is 4.98. The van der Waals surface area contributed by atoms with Gasteiger partial charge in [0.05, 0.1) is 17.3 Å². The largest absolute Gasteiger partial charge is 0.383 e. The average molecular weight is 485 g/mol. The zero-order valence-electron chi connectivity index (χ0n) is 18.2. The summed E-state index contributed by atoms with van der Waals surface area (Å²) in [4.78, 5) is 4.35. The molecule has 0 amide bonds. The second-order valence-electron chi connectivity index (χ2n) is 8.47. The van der Waals surface area contributed by atoms with Crippen molar-refractivity contribution >= 4 is 35.7 Å². The summed E-state index contributed by atoms with van der Waals surface area (Å²) in [6.07, 6.45) is 9.32. The topological polar surface area (TPSA) is 92.5 Å². The smallest absolute Gasteiger partial charge is 0.268 e. The molecule has 1 aromatic carbocycles. The molecule has 3 heterocycles. The van der Waals surface area contributed by atoms with Gasteiger partial charge in [-0.1, -0.05) is 35.8 Å². The number of nitrogens with two attached hydrogens (primary N) is 1. The number of hydrogen-bond donors (Lipinski definition) is 2. The molecule has 2 aromatic heterocycles. The number of benzene rings is 1. The highest BCUT2D eigenvalue weighted by atomic mass is 35.5. The summed E-state index contributed by atoms with van der Waals surface area (Å²) in [7, 11) is 0. The minimum Gasteiger partial charge on any atom is -0.383 e. The van der Waals surface area contributed by atoms with Gasteiger partial charge in [-0.05, 0) is 38.0 Å². The minimum absolute atomic E-state index is 0.0126. The summed E-state index contributed by atoms with van der Waals surface area (Å²) >= 11 is 12.4. The molecular formula is C23H24BCl2FN6. The number of nitrogen functional groups attached to an aromatic ring is 1. The van der Waals surface area contributed by atoms with E-state index >= 15 is 0 Å². The highest BCUT2D eigenvalue weighted by molar-refractivity contribution is 6.67. The Morgan fingerprint density at radius 2 is 2.06 bits per heavy atom. The van der Waals surface area contributed by atoms with Gasteiger partial charge in [0.2, 0.25) is 0 Å². The Hall–Kier alpha value is -2.60. The molecule has 33 heavy (non-hydrogen) atoms. The van der Waals surface area contributed by atoms with Crippen LogP contribution in [0.4, 0.5) is 10.2 Å². The maximum Gasteiger partial charge on any atom is 0.268 e. The minimum atomic E-state index is -0.508. The van der Waals surface area contributed by atoms with E-state index in [2.05, 4.69) is 21.4 Å². The number of pyridine rings is 1. The molecule has 1 saturated heterocycles. The van der Waals surface area contributed by atoms with Crippen molar-refractivity contribution in [2.24, 2.45) is 0 Å². The first-order valence-electron chi connectivity index (χ1n) is 10.9. The van der Waals surface area contributed by atoms with Crippen LogP contribution in [0.5, 0.6) is 0 Å². The van der Waals surface area contributed by atoms with Crippen LogP contribution in [0.15, 0.2) is 36.8 Å². The first-order chi connectivity index (χ1) is 15.9. The highest BCUT2D eigenvalue weighted by Crippen LogP contribution is 2.33. The van der Waals surface area contributed by atoms with Crippen LogP contribution in [0.2, 0.25) is 22.7 Å². The molecule has 1 aliphatic rings. The Balaban J connectivity index is 1.47. The van der Waals surface area contributed by atoms with E-state index in [1.54, 1.807) is 6.20 Å². The lowest BCUT2D eigenvalue weighted by atomic mass is 9.42. The predicted octanol–water partition coefficient (Wildman–Crippen LogP) is 5.72. The molecule has 3 aromatic rings. The fourth-order valence-electron chi connectivity index (χ4n) is 4.28. The average Bonchev–Trinajstić information content (AvgIpc) is 3.31. The Bertz CT molecular complexity index is 1190. The van der Waals surface area contributed by atoms with Crippen molar-refractivity contribution in [2.45, 2.75) is 51.0 Å². The Morgan fingerprint density at radius 3 is 2.79 bits per heavy atom. The fraction of sp³-hybridized carbons (Fsp3) is 0.348. The van der Waals surface area contributed by atoms with Crippen molar-refractivity contribution in [2.75, 3.05) is 5.73 Å². The lowest BCUT2D eigenvalue weighted by Gasteiger charge is -2.23. The zero-order chi connectivity index (χ0) is 23.5. The van der Waals surface area contributed by atoms with Gasteiger partial charge in [0.1, 0.15) is 11.6 Å². The second-order valence-corrected chi connectivity index (χ2v) is 9.26. The van der Waals surface area contributed by atoms with Gasteiger partial charge in [-0.25, -0.2) is 14.6 Å². The van der Waals surface area contributed by atoms with Gasteiger partial charge >= 0.3 is 0 Å². The summed E-state index contributed by atoms with van der Waals surface area (Å²) in [5.41, 5.74) is 9.30. The Kier molecular flexibility index (Phi) is 7.23. The van der Waals surface area contributed by atoms with E-state index in [4.69, 9.17) is 34.2 Å². The Labute approximate surface area is 203 Å². The summed E-state index contributed by atoms with van der Waals surface area (Å²) in [5.74, 6) is 2.27. The third-order valence-corrected chi connectivity index (χ3v) is 7.01. The molecule has 0 aliphatic carbocycles. The van der Waals surface area contributed by atoms with E-state index in [0.717, 1.165) is 42.2 Å². The number of anilines is 1. The van der Waals surface area contributed by atoms with E-state index in [9.17, 15) is 4.39 Å². The third kappa shape index (κ3) is 5.16. The number of nitrogens with one attached hydrogen (secondary N) is 1. The van der Waals surface area contributed by atoms with Crippen LogP contribution < -0.4 is 11.1 Å². The summed E-state index contributed by atoms with van der Waals surface area (Å²) in [6, 6.07) is 4.74. The molecular weight excluding hydrogens is 461 g/mol. The van der Waals surface area contributed by atoms with Crippen LogP contribution in [0.3, 0.4) is 0 Å². The van der Waals surface area contributed by atoms with Gasteiger partial charge < -0.3 is 11.1 Å². The molecule has 1 fully saturated rings. The number of aromatic nitrogens is 3. The van der Waals surface area contributed by atoms with Gasteiger partial charge in [-0.3, -0.25) is 4.68 Å². The number of nitrogens with zero attached hydrogens (tertiary/aromatic N) is 4. The predicted molar refractivity (Wildman–Crippen MR) is 131 cm³/mol. The molecule has 1 aliphatic heterocycles. The van der Waals surface area contributed by atoms with Gasteiger partial charge in [-0.2, -0.15) is 5.10 Å². The number of nitriles is 1. The third-order valence-electron chi connectivity index (χ3n) is 6.30. The number of halogens is 3. The lowest BCUT2D eigenvalue weighted by Crippen LogP contribution is -2.22. The van der Waals surface area contributed by atoms with Crippen molar-refractivity contribution in [3.05, 3.63) is 63.8 Å². The molecule has 0 saturated carbocycles. The van der Waals surface area contributed by atoms with E-state index < -0.39 is 5.82 Å². The van der Waals surface area contributed by atoms with Crippen molar-refractivity contribution in [1.82, 2.24) is 20.1 Å². The van der Waals surface area contributed by atoms with Crippen LogP contribution in [0.25, 0.3) is 11.1 Å². The van der Waals surface area contributed by atoms with Gasteiger partial charge in [0.15, 0.2) is 0 Å². The maximum absolute atomic E-state index is 13.9. The van der Waals surface area contributed by atoms with Crippen LogP contribution in [0.1, 0.15) is 43.0 Å². The van der Waals surface area contributed by atoms with Gasteiger partial charge in [0, 0.05) is 58.2 Å². The van der Waals surface area contributed by atoms with Crippen molar-refractivity contribution < 1.29 is 4.39 Å². The SMILES string of the molecule is CC(NCc1cc(-c2cnn(C3CCB(C#N)CC3)c2)cnc1N)c1c(Cl)ccc(F)c1Cl. The second kappa shape index (κ2) is 10.1. The van der Waals surface area contributed by atoms with E-state index in [1.807, 2.05) is 30.1 Å². The van der Waals surface area contributed by atoms with Crippen LogP contribution in [0, 0.1) is 17.0 Å². The summed E-state index contributed by atoms with van der Waals surface area (Å²) in [5, 5.41) is 17.4. The standard InChI is InChI=1S/C23H24BCl2FN6/c1-14(21-19(25)2-3-20(27)22(21)26)30-10-16-8-15(9-31-23(16)29)17-11-32-33(12-17)18-4-6-24(13-28)7-5-18/h2-3,8-9,11-12,14,18,30H,4-7,10H2,1H3,(H2,29,31). The first-order valence-corrected chi connectivity index (χ1v) is 11.7. The van der Waals surface area contributed by atoms with E-state index in [1.165, 1.54) is 12.1 Å². The zero-order valence-corrected chi connectivity index (χ0v) is 19.7. The molecule has 4 rings (SSSR count). The summed E-state index contributed by atoms with van der Waals surface area (Å²) in [6.45, 7) is 2.43. The van der Waals surface area contributed by atoms with Crippen LogP contribution in [-0.4, -0.2) is 21.5 Å². The lowest BCUT2D eigenvalue weighted by molar-refractivity contribution is 0.415. The number of rotatable bonds is 6. The van der Waals surface area contributed by atoms with Crippen LogP contribution in [-0.2, 0) is 6.54 Å². The molecule has 0 spiro atoms. The van der Waals surface area contributed by atoms with Crippen molar-refractivity contribution in [1.29, 1.82) is 5.26 Å². The molecule has 1 atom stereocenters. The van der Waals surface area contributed by atoms with E-state index in [-0.39, 0.29) is 17.8 Å². The normalized spacial score (nSPS) is 15.4. The quantitative estimate of drug-likeness (QED) is 0.345. The van der Waals surface area contributed by atoms with Crippen LogP contribution >= 0.6 is 23.2 Å². The van der Waals surface area contributed by atoms with E-state index in [0.29, 0.717) is 29.0 Å². The molecule has 1 unspecified atom stereocenters. The Morgan fingerprint density at radius 1 is 1.30 bits per heavy atom. The maximum atomic E-state index is 13.9. The van der Waals surface area contributed by atoms with Gasteiger partial charge in [0.25, 0.3) is 6.71 Å². The monoisotopic (exact) mass is 484 g/mol. The van der Waals surface area contributed by atoms with Crippen molar-refractivity contribution in [3.63, 3.8) is 0 Å². The van der Waals surface area contributed by atoms with Gasteiger partial charge in [-0.15, -0.1) is 0 Å². The molecule has 10 heteroatoms. The number of hydrogen-bond acceptors (Lipinski definition) is 5. The molecule has 170 valence electrons. The molecule has 6 nitrogen and oxygen atoms in total. The first kappa shape index (κ1) is 23.6. The molecule has 3 N–H and O–H groups in total.